The van der Waals surface area contributed by atoms with E-state index in [1.165, 1.54) is 6.33 Å². The van der Waals surface area contributed by atoms with Crippen molar-refractivity contribution in [3.63, 3.8) is 0 Å². The standard InChI is InChI=1S/C17H25N5OSi/c1-21(2)11-14(10-18)16-15-6-7-22(17(15)20-12-19-16)13-23-8-9-24(3,4)5/h6-7,11-12H,8-9,13H2,1-5H3. The Balaban J connectivity index is 2.22. The molecule has 0 amide bonds. The highest BCUT2D eigenvalue weighted by Gasteiger charge is 2.14. The number of nitrogens with zero attached hydrogens (tertiary/aromatic N) is 5. The van der Waals surface area contributed by atoms with Crippen LogP contribution in [-0.4, -0.2) is 48.2 Å². The van der Waals surface area contributed by atoms with Crippen LogP contribution in [0.2, 0.25) is 25.7 Å². The van der Waals surface area contributed by atoms with Crippen LogP contribution in [0.4, 0.5) is 0 Å². The first-order valence-corrected chi connectivity index (χ1v) is 11.7. The van der Waals surface area contributed by atoms with Gasteiger partial charge in [0.1, 0.15) is 24.8 Å². The Kier molecular flexibility index (Phi) is 5.75. The molecule has 0 fully saturated rings. The summed E-state index contributed by atoms with van der Waals surface area (Å²) in [5.41, 5.74) is 1.95. The zero-order valence-corrected chi connectivity index (χ0v) is 16.1. The molecule has 0 atom stereocenters. The van der Waals surface area contributed by atoms with Gasteiger partial charge in [-0.1, -0.05) is 19.6 Å². The average Bonchev–Trinajstić information content (AvgIpc) is 2.91. The molecule has 0 bridgehead atoms. The average molecular weight is 344 g/mol. The summed E-state index contributed by atoms with van der Waals surface area (Å²) >= 11 is 0. The number of hydrogen-bond donors (Lipinski definition) is 0. The molecule has 0 saturated heterocycles. The molecule has 0 saturated carbocycles. The van der Waals surface area contributed by atoms with E-state index in [0.29, 0.717) is 18.0 Å². The number of ether oxygens (including phenoxy) is 1. The van der Waals surface area contributed by atoms with Crippen molar-refractivity contribution in [2.24, 2.45) is 0 Å². The van der Waals surface area contributed by atoms with Gasteiger partial charge in [0.2, 0.25) is 0 Å². The van der Waals surface area contributed by atoms with Crippen molar-refractivity contribution < 1.29 is 4.74 Å². The van der Waals surface area contributed by atoms with Crippen molar-refractivity contribution in [1.29, 1.82) is 5.26 Å². The predicted octanol–water partition coefficient (Wildman–Crippen LogP) is 3.17. The van der Waals surface area contributed by atoms with Gasteiger partial charge in [-0.3, -0.25) is 0 Å². The highest BCUT2D eigenvalue weighted by Crippen LogP contribution is 2.22. The molecule has 2 heterocycles. The second-order valence-corrected chi connectivity index (χ2v) is 12.8. The second kappa shape index (κ2) is 7.60. The quantitative estimate of drug-likeness (QED) is 0.439. The smallest absolute Gasteiger partial charge is 0.145 e. The van der Waals surface area contributed by atoms with Crippen LogP contribution in [-0.2, 0) is 11.5 Å². The van der Waals surface area contributed by atoms with Crippen molar-refractivity contribution in [2.45, 2.75) is 32.4 Å². The number of hydrogen-bond acceptors (Lipinski definition) is 5. The Bertz CT molecular complexity index is 767. The van der Waals surface area contributed by atoms with Gasteiger partial charge in [0.15, 0.2) is 0 Å². The van der Waals surface area contributed by atoms with Crippen LogP contribution in [0.15, 0.2) is 24.8 Å². The largest absolute Gasteiger partial charge is 0.382 e. The molecule has 0 spiro atoms. The van der Waals surface area contributed by atoms with E-state index in [1.807, 2.05) is 35.8 Å². The van der Waals surface area contributed by atoms with Gasteiger partial charge >= 0.3 is 0 Å². The van der Waals surface area contributed by atoms with Crippen molar-refractivity contribution in [1.82, 2.24) is 19.4 Å². The topological polar surface area (TPSA) is 67.0 Å². The Morgan fingerprint density at radius 1 is 1.38 bits per heavy atom. The lowest BCUT2D eigenvalue weighted by atomic mass is 10.1. The minimum absolute atomic E-state index is 0.462. The molecule has 24 heavy (non-hydrogen) atoms. The van der Waals surface area contributed by atoms with Crippen LogP contribution in [0.1, 0.15) is 5.69 Å². The first-order valence-electron chi connectivity index (χ1n) is 7.98. The van der Waals surface area contributed by atoms with Crippen molar-refractivity contribution >= 4 is 24.7 Å². The summed E-state index contributed by atoms with van der Waals surface area (Å²) in [4.78, 5) is 10.5. The van der Waals surface area contributed by atoms with Gasteiger partial charge in [-0.05, 0) is 12.1 Å². The first-order chi connectivity index (χ1) is 11.3. The highest BCUT2D eigenvalue weighted by atomic mass is 28.3. The Labute approximate surface area is 144 Å². The van der Waals surface area contributed by atoms with Crippen LogP contribution in [0.5, 0.6) is 0 Å². The molecular formula is C17H25N5OSi. The maximum absolute atomic E-state index is 9.41. The summed E-state index contributed by atoms with van der Waals surface area (Å²) in [5.74, 6) is 0. The van der Waals surface area contributed by atoms with Gasteiger partial charge in [0, 0.05) is 46.6 Å². The van der Waals surface area contributed by atoms with Crippen LogP contribution in [0.25, 0.3) is 16.6 Å². The van der Waals surface area contributed by atoms with Gasteiger partial charge < -0.3 is 14.2 Å². The fourth-order valence-electron chi connectivity index (χ4n) is 2.26. The molecule has 0 aliphatic heterocycles. The van der Waals surface area contributed by atoms with Crippen LogP contribution >= 0.6 is 0 Å². The molecule has 0 N–H and O–H groups in total. The molecule has 2 rings (SSSR count). The number of rotatable bonds is 7. The molecule has 0 radical (unpaired) electrons. The zero-order chi connectivity index (χ0) is 17.7. The summed E-state index contributed by atoms with van der Waals surface area (Å²) in [6.07, 6.45) is 5.20. The normalized spacial score (nSPS) is 12.4. The summed E-state index contributed by atoms with van der Waals surface area (Å²) in [6, 6.07) is 5.29. The van der Waals surface area contributed by atoms with Crippen LogP contribution in [0, 0.1) is 11.3 Å². The van der Waals surface area contributed by atoms with Gasteiger partial charge in [-0.25, -0.2) is 9.97 Å². The van der Waals surface area contributed by atoms with E-state index in [1.54, 1.807) is 6.20 Å². The second-order valence-electron chi connectivity index (χ2n) is 7.21. The number of allylic oxidation sites excluding steroid dienone is 1. The number of nitriles is 1. The minimum atomic E-state index is -1.09. The molecule has 128 valence electrons. The fraction of sp³-hybridized carbons (Fsp3) is 0.471. The zero-order valence-electron chi connectivity index (χ0n) is 15.1. The third-order valence-corrected chi connectivity index (χ3v) is 5.25. The molecule has 0 unspecified atom stereocenters. The predicted molar refractivity (Wildman–Crippen MR) is 98.9 cm³/mol. The fourth-order valence-corrected chi connectivity index (χ4v) is 3.02. The summed E-state index contributed by atoms with van der Waals surface area (Å²) < 4.78 is 7.76. The molecule has 0 aromatic carbocycles. The molecular weight excluding hydrogens is 318 g/mol. The Morgan fingerprint density at radius 2 is 2.12 bits per heavy atom. The Morgan fingerprint density at radius 3 is 2.75 bits per heavy atom. The molecule has 2 aromatic rings. The maximum atomic E-state index is 9.41. The lowest BCUT2D eigenvalue weighted by Crippen LogP contribution is -2.22. The first kappa shape index (κ1) is 18.2. The van der Waals surface area contributed by atoms with E-state index < -0.39 is 8.07 Å². The molecule has 7 heteroatoms. The van der Waals surface area contributed by atoms with E-state index in [-0.39, 0.29) is 0 Å². The van der Waals surface area contributed by atoms with E-state index in [4.69, 9.17) is 4.74 Å². The molecule has 0 aliphatic rings. The van der Waals surface area contributed by atoms with Crippen molar-refractivity contribution in [2.75, 3.05) is 20.7 Å². The Hall–Kier alpha value is -2.17. The third kappa shape index (κ3) is 4.66. The molecule has 6 nitrogen and oxygen atoms in total. The van der Waals surface area contributed by atoms with Crippen LogP contribution < -0.4 is 0 Å². The van der Waals surface area contributed by atoms with E-state index in [0.717, 1.165) is 23.7 Å². The van der Waals surface area contributed by atoms with E-state index in [2.05, 4.69) is 35.7 Å². The lowest BCUT2D eigenvalue weighted by molar-refractivity contribution is 0.0899. The number of fused-ring (bicyclic) bond motifs is 1. The summed E-state index contributed by atoms with van der Waals surface area (Å²) in [5, 5.41) is 10.3. The minimum Gasteiger partial charge on any atom is -0.382 e. The van der Waals surface area contributed by atoms with Gasteiger partial charge in [-0.2, -0.15) is 5.26 Å². The summed E-state index contributed by atoms with van der Waals surface area (Å²) in [6.45, 7) is 8.23. The third-order valence-electron chi connectivity index (χ3n) is 3.55. The van der Waals surface area contributed by atoms with Crippen molar-refractivity contribution in [3.05, 3.63) is 30.5 Å². The summed E-state index contributed by atoms with van der Waals surface area (Å²) in [7, 11) is 2.68. The van der Waals surface area contributed by atoms with Crippen LogP contribution in [0.3, 0.4) is 0 Å². The SMILES string of the molecule is CN(C)C=C(C#N)c1ncnc2c1ccn2COCC[Si](C)(C)C. The lowest BCUT2D eigenvalue weighted by Gasteiger charge is -2.15. The van der Waals surface area contributed by atoms with E-state index in [9.17, 15) is 5.26 Å². The van der Waals surface area contributed by atoms with Gasteiger partial charge in [0.25, 0.3) is 0 Å². The highest BCUT2D eigenvalue weighted by molar-refractivity contribution is 6.76. The number of aromatic nitrogens is 3. The van der Waals surface area contributed by atoms with Gasteiger partial charge in [0.05, 0.1) is 11.3 Å². The van der Waals surface area contributed by atoms with E-state index >= 15 is 0 Å². The molecule has 0 aliphatic carbocycles. The molecule has 2 aromatic heterocycles. The van der Waals surface area contributed by atoms with Crippen molar-refractivity contribution in [3.8, 4) is 6.07 Å². The monoisotopic (exact) mass is 343 g/mol. The van der Waals surface area contributed by atoms with Gasteiger partial charge in [-0.15, -0.1) is 0 Å². The maximum Gasteiger partial charge on any atom is 0.145 e.